The summed E-state index contributed by atoms with van der Waals surface area (Å²) in [6.45, 7) is 36.5. The number of furan rings is 5. The van der Waals surface area contributed by atoms with Gasteiger partial charge in [-0.25, -0.2) is 47.8 Å². The molecule has 20 aromatic rings. The molecule has 0 aliphatic heterocycles. The van der Waals surface area contributed by atoms with Gasteiger partial charge < -0.3 is 22.1 Å². The minimum atomic E-state index is -2.23. The largest absolute Gasteiger partial charge is 0.437 e. The van der Waals surface area contributed by atoms with Crippen LogP contribution in [-0.4, -0.2) is 24.9 Å². The van der Waals surface area contributed by atoms with Crippen LogP contribution >= 0.6 is 0 Å². The Balaban J connectivity index is 0.000000124. The van der Waals surface area contributed by atoms with Crippen molar-refractivity contribution in [3.63, 3.8) is 0 Å². The molecular weight excluding hydrogens is 1660 g/mol. The highest BCUT2D eigenvalue weighted by Crippen LogP contribution is 2.45. The fraction of sp³-hybridized carbons (Fsp3) is 0.333. The second-order valence-corrected chi connectivity index (χ2v) is 39.1. The van der Waals surface area contributed by atoms with Crippen molar-refractivity contribution in [2.24, 2.45) is 58.9 Å². The van der Waals surface area contributed by atoms with E-state index in [1.165, 1.54) is 50.3 Å². The van der Waals surface area contributed by atoms with Crippen LogP contribution in [0.1, 0.15) is 215 Å². The van der Waals surface area contributed by atoms with Crippen LogP contribution in [0.3, 0.4) is 0 Å². The zero-order valence-corrected chi connectivity index (χ0v) is 82.8. The molecule has 5 aromatic carbocycles. The van der Waals surface area contributed by atoms with Gasteiger partial charge in [-0.3, -0.25) is 0 Å². The summed E-state index contributed by atoms with van der Waals surface area (Å²) < 4.78 is 108. The predicted molar refractivity (Wildman–Crippen MR) is 552 cm³/mol. The lowest BCUT2D eigenvalue weighted by atomic mass is 9.86. The number of pyridine rings is 10. The first-order chi connectivity index (χ1) is 67.9. The first-order valence-corrected chi connectivity index (χ1v) is 47.9. The second-order valence-electron chi connectivity index (χ2n) is 39.1. The summed E-state index contributed by atoms with van der Waals surface area (Å²) >= 11 is 0. The molecule has 15 heterocycles. The van der Waals surface area contributed by atoms with Crippen LogP contribution in [0, 0.1) is 79.0 Å². The molecule has 688 valence electrons. The minimum absolute atomic E-state index is 0.00968. The van der Waals surface area contributed by atoms with Gasteiger partial charge in [-0.15, -0.1) is 0 Å². The maximum Gasteiger partial charge on any atom is 0.227 e. The fourth-order valence-corrected chi connectivity index (χ4v) is 18.8. The van der Waals surface area contributed by atoms with Crippen LogP contribution in [0.2, 0.25) is 0 Å². The summed E-state index contributed by atoms with van der Waals surface area (Å²) in [5, 5.41) is 10.3. The molecule has 0 spiro atoms. The normalized spacial score (nSPS) is 14.5. The molecule has 1 aliphatic rings. The van der Waals surface area contributed by atoms with E-state index in [2.05, 4.69) is 333 Å². The van der Waals surface area contributed by atoms with E-state index in [4.69, 9.17) is 53.0 Å². The summed E-state index contributed by atoms with van der Waals surface area (Å²) in [7, 11) is 10.1. The average molecular weight is 1800 g/mol. The highest BCUT2D eigenvalue weighted by atomic mass is 16.4. The predicted octanol–water partition coefficient (Wildman–Crippen LogP) is 28.4. The molecule has 15 nitrogen and oxygen atoms in total. The van der Waals surface area contributed by atoms with E-state index in [0.717, 1.165) is 199 Å². The van der Waals surface area contributed by atoms with E-state index < -0.39 is 25.5 Å². The Morgan fingerprint density at radius 2 is 0.674 bits per heavy atom. The number of nitrogens with zero attached hydrogens (tertiary/aromatic N) is 10. The zero-order chi connectivity index (χ0) is 102. The Labute approximate surface area is 806 Å². The van der Waals surface area contributed by atoms with Gasteiger partial charge >= 0.3 is 0 Å². The first kappa shape index (κ1) is 83.4. The summed E-state index contributed by atoms with van der Waals surface area (Å²) in [4.78, 5) is 23.7. The Morgan fingerprint density at radius 3 is 1.05 bits per heavy atom. The molecule has 0 unspecified atom stereocenters. The van der Waals surface area contributed by atoms with Gasteiger partial charge in [0.15, 0.2) is 58.9 Å². The molecule has 1 fully saturated rings. The number of hydrogen-bond donors (Lipinski definition) is 0. The second kappa shape index (κ2) is 39.3. The van der Waals surface area contributed by atoms with Crippen LogP contribution in [0.15, 0.2) is 235 Å². The average Bonchev–Trinajstić information content (AvgIpc) is 1.70. The van der Waals surface area contributed by atoms with Crippen LogP contribution in [0.5, 0.6) is 0 Å². The third-order valence-electron chi connectivity index (χ3n) is 26.1. The van der Waals surface area contributed by atoms with Crippen molar-refractivity contribution in [2.75, 3.05) is 0 Å². The van der Waals surface area contributed by atoms with E-state index in [1.54, 1.807) is 36.9 Å². The molecule has 0 atom stereocenters. The van der Waals surface area contributed by atoms with Gasteiger partial charge in [-0.2, -0.15) is 0 Å². The van der Waals surface area contributed by atoms with Crippen LogP contribution in [0.25, 0.3) is 167 Å². The number of benzene rings is 5. The van der Waals surface area contributed by atoms with Gasteiger partial charge in [0.1, 0.15) is 35.2 Å². The SMILES string of the molecule is CCc1cc[n+](C)c(-c2c(C)ccc3c2oc2nc(CC(C)C)ccc23)c1.Cc1cc[n+](C)c(-c2c(C)ccc3c2oc2nc(CC(C)C)ccc23)c1.Cc1ccc2c(oc3nc(CC(C)C)ccc32)c1-c1cc(C(C)C)cc[n+]1C.Cc1ccc2c(oc3nc(CC(C)C)ccc32)c1-c1cccc[n+]1C.[2H]C([2H])([2H])c1c[n+](C)c(-c2c(C)ccc3c2oc2nc(C4([2H])C([2H])([2H])CCCC4([2H])[2H])ccc23)cc1C. The molecule has 1 saturated carbocycles. The van der Waals surface area contributed by atoms with E-state index in [0.29, 0.717) is 52.5 Å². The maximum atomic E-state index is 9.01. The highest BCUT2D eigenvalue weighted by Gasteiger charge is 2.30. The summed E-state index contributed by atoms with van der Waals surface area (Å²) in [5.74, 6) is 0.607. The summed E-state index contributed by atoms with van der Waals surface area (Å²) in [5.41, 5.74) is 33.2. The lowest BCUT2D eigenvalue weighted by molar-refractivity contribution is -0.660. The standard InChI is InChI=1S/C26H29N2O.C25H29N2O.C24H27N2O.C23H25N2O.C22H23N2O/c1-16-10-11-20-21-12-13-22(19-8-6-5-7-9-19)27-26(21)29-25(20)24(16)23-14-17(2)18(3)15-28(23)4;1-15(2)13-19-8-10-21-20-9-7-17(5)23(24(20)28-25(21)26-19)22-14-18(16(3)4)11-12-27(22)6;1-6-17-11-12-26(5)21(14-17)22-16(4)7-9-19-20-10-8-18(13-15(2)3)25-24(20)27-23(19)22;1-14(2)12-17-7-9-19-18-8-6-16(4)21(22(18)26-23(19)24-17)20-13-15(3)10-11-25(20)5;1-14(2)13-16-9-11-18-17-10-8-15(3)20(21(17)25-22(18)23-16)19-7-5-6-12-24(19)4/h10-15,19H,5-9H2,1-4H3;7-12,14-16H,13H2,1-6H3;7-12,14-15H,6,13H2,1-5H3;6-11,13-14H,12H2,1-5H3;5-12,14H,13H2,1-4H3/q5*+1/i3D3,8D2,9D2,19D;;;;. The fourth-order valence-electron chi connectivity index (χ4n) is 18.8. The van der Waals surface area contributed by atoms with Crippen molar-refractivity contribution >= 4 is 110 Å². The van der Waals surface area contributed by atoms with E-state index in [-0.39, 0.29) is 29.8 Å². The monoisotopic (exact) mass is 1800 g/mol. The number of hydrogen-bond acceptors (Lipinski definition) is 10. The maximum absolute atomic E-state index is 9.01. The van der Waals surface area contributed by atoms with Crippen molar-refractivity contribution in [3.05, 3.63) is 297 Å². The Bertz CT molecular complexity index is 8280. The Morgan fingerprint density at radius 1 is 0.333 bits per heavy atom. The lowest BCUT2D eigenvalue weighted by Crippen LogP contribution is -2.31. The van der Waals surface area contributed by atoms with Crippen molar-refractivity contribution < 1.29 is 55.9 Å². The van der Waals surface area contributed by atoms with Crippen molar-refractivity contribution in [2.45, 2.75) is 207 Å². The zero-order valence-electron chi connectivity index (χ0n) is 90.8. The minimum Gasteiger partial charge on any atom is -0.437 e. The first-order valence-electron chi connectivity index (χ1n) is 51.9. The van der Waals surface area contributed by atoms with Crippen LogP contribution in [0.4, 0.5) is 0 Å². The quantitative estimate of drug-likeness (QED) is 0.0856. The molecule has 0 bridgehead atoms. The molecule has 0 N–H and O–H groups in total. The molecule has 1 aliphatic carbocycles. The van der Waals surface area contributed by atoms with E-state index in [9.17, 15) is 0 Å². The number of aryl methyl sites for hydroxylation is 14. The topological polar surface area (TPSA) is 150 Å². The number of fused-ring (bicyclic) bond motifs is 15. The smallest absolute Gasteiger partial charge is 0.227 e. The molecule has 15 heteroatoms. The van der Waals surface area contributed by atoms with Gasteiger partial charge in [-0.05, 0) is 247 Å². The molecule has 0 saturated heterocycles. The van der Waals surface area contributed by atoms with Gasteiger partial charge in [0.25, 0.3) is 0 Å². The third-order valence-corrected chi connectivity index (χ3v) is 26.1. The van der Waals surface area contributed by atoms with Crippen molar-refractivity contribution in [1.82, 2.24) is 24.9 Å². The van der Waals surface area contributed by atoms with Crippen LogP contribution in [-0.2, 0) is 67.3 Å². The van der Waals surface area contributed by atoms with E-state index in [1.807, 2.05) is 31.2 Å². The van der Waals surface area contributed by atoms with Crippen LogP contribution < -0.4 is 22.8 Å². The van der Waals surface area contributed by atoms with Crippen molar-refractivity contribution in [1.29, 1.82) is 0 Å². The third kappa shape index (κ3) is 19.3. The number of rotatable bonds is 16. The summed E-state index contributed by atoms with van der Waals surface area (Å²) in [6, 6.07) is 63.0. The van der Waals surface area contributed by atoms with Crippen molar-refractivity contribution in [3.8, 4) is 56.3 Å². The van der Waals surface area contributed by atoms with Gasteiger partial charge in [-0.1, -0.05) is 156 Å². The van der Waals surface area contributed by atoms with E-state index >= 15 is 0 Å². The molecule has 0 radical (unpaired) electrons. The summed E-state index contributed by atoms with van der Waals surface area (Å²) in [6.07, 6.45) is 11.3. The van der Waals surface area contributed by atoms with Gasteiger partial charge in [0, 0.05) is 159 Å². The number of aromatic nitrogens is 10. The Kier molecular flexibility index (Phi) is 24.3. The van der Waals surface area contributed by atoms with Gasteiger partial charge in [0.05, 0.1) is 27.8 Å². The highest BCUT2D eigenvalue weighted by molar-refractivity contribution is 6.13. The molecular formula is C120H133N10O5+5. The molecule has 21 rings (SSSR count). The molecule has 15 aromatic heterocycles. The molecule has 0 amide bonds. The Hall–Kier alpha value is -13.4. The molecule has 135 heavy (non-hydrogen) atoms. The lowest BCUT2D eigenvalue weighted by Gasteiger charge is -2.20. The van der Waals surface area contributed by atoms with Gasteiger partial charge in [0.2, 0.25) is 57.0 Å².